The van der Waals surface area contributed by atoms with Crippen LogP contribution in [0.4, 0.5) is 4.39 Å². The zero-order valence-electron chi connectivity index (χ0n) is 7.83. The predicted octanol–water partition coefficient (Wildman–Crippen LogP) is 3.04. The highest BCUT2D eigenvalue weighted by atomic mass is 19.1. The smallest absolute Gasteiger partial charge is 0.194 e. The summed E-state index contributed by atoms with van der Waals surface area (Å²) in [7, 11) is 0. The van der Waals surface area contributed by atoms with Crippen LogP contribution >= 0.6 is 0 Å². The van der Waals surface area contributed by atoms with Crippen LogP contribution in [0.3, 0.4) is 0 Å². The van der Waals surface area contributed by atoms with Crippen LogP contribution < -0.4 is 0 Å². The zero-order chi connectivity index (χ0) is 9.97. The van der Waals surface area contributed by atoms with Gasteiger partial charge in [-0.3, -0.25) is 0 Å². The van der Waals surface area contributed by atoms with Gasteiger partial charge in [0.25, 0.3) is 0 Å². The molecule has 0 saturated heterocycles. The van der Waals surface area contributed by atoms with E-state index >= 15 is 0 Å². The van der Waals surface area contributed by atoms with Crippen molar-refractivity contribution < 1.29 is 8.81 Å². The number of benzene rings is 1. The SMILES string of the molecule is CCc1nc(-c2ccccc2F)co1. The van der Waals surface area contributed by atoms with Crippen molar-refractivity contribution in [1.82, 2.24) is 4.98 Å². The minimum atomic E-state index is -0.275. The highest BCUT2D eigenvalue weighted by Gasteiger charge is 2.08. The van der Waals surface area contributed by atoms with Crippen LogP contribution in [-0.2, 0) is 6.42 Å². The van der Waals surface area contributed by atoms with Gasteiger partial charge in [-0.05, 0) is 12.1 Å². The molecule has 0 aliphatic heterocycles. The van der Waals surface area contributed by atoms with E-state index in [-0.39, 0.29) is 5.82 Å². The third kappa shape index (κ3) is 1.53. The molecule has 0 saturated carbocycles. The number of halogens is 1. The summed E-state index contributed by atoms with van der Waals surface area (Å²) in [5, 5.41) is 0. The van der Waals surface area contributed by atoms with E-state index in [0.717, 1.165) is 0 Å². The molecule has 14 heavy (non-hydrogen) atoms. The van der Waals surface area contributed by atoms with Gasteiger partial charge in [0.15, 0.2) is 5.89 Å². The number of nitrogens with zero attached hydrogens (tertiary/aromatic N) is 1. The molecule has 2 nitrogen and oxygen atoms in total. The van der Waals surface area contributed by atoms with Crippen molar-refractivity contribution in [2.24, 2.45) is 0 Å². The molecule has 0 radical (unpaired) electrons. The number of aromatic nitrogens is 1. The van der Waals surface area contributed by atoms with E-state index in [4.69, 9.17) is 4.42 Å². The fraction of sp³-hybridized carbons (Fsp3) is 0.182. The van der Waals surface area contributed by atoms with Crippen LogP contribution in [0.15, 0.2) is 34.9 Å². The van der Waals surface area contributed by atoms with E-state index in [1.807, 2.05) is 6.92 Å². The number of aryl methyl sites for hydroxylation is 1. The van der Waals surface area contributed by atoms with Gasteiger partial charge in [0.05, 0.1) is 0 Å². The van der Waals surface area contributed by atoms with Gasteiger partial charge in [0, 0.05) is 12.0 Å². The lowest BCUT2D eigenvalue weighted by atomic mass is 10.1. The minimum Gasteiger partial charge on any atom is -0.448 e. The molecule has 72 valence electrons. The number of hydrogen-bond donors (Lipinski definition) is 0. The molecule has 0 unspecified atom stereocenters. The molecule has 1 heterocycles. The van der Waals surface area contributed by atoms with Crippen molar-refractivity contribution in [3.05, 3.63) is 42.2 Å². The van der Waals surface area contributed by atoms with E-state index in [2.05, 4.69) is 4.98 Å². The van der Waals surface area contributed by atoms with Gasteiger partial charge in [-0.25, -0.2) is 9.37 Å². The van der Waals surface area contributed by atoms with Crippen LogP contribution in [0.25, 0.3) is 11.3 Å². The lowest BCUT2D eigenvalue weighted by Gasteiger charge is -1.95. The summed E-state index contributed by atoms with van der Waals surface area (Å²) in [6, 6.07) is 6.53. The Bertz CT molecular complexity index is 436. The average Bonchev–Trinajstić information content (AvgIpc) is 2.67. The van der Waals surface area contributed by atoms with Crippen LogP contribution in [0.2, 0.25) is 0 Å². The van der Waals surface area contributed by atoms with Crippen LogP contribution in [0.5, 0.6) is 0 Å². The maximum atomic E-state index is 13.3. The standard InChI is InChI=1S/C11H10FNO/c1-2-11-13-10(7-14-11)8-5-3-4-6-9(8)12/h3-7H,2H2,1H3. The summed E-state index contributed by atoms with van der Waals surface area (Å²) in [6.45, 7) is 1.94. The van der Waals surface area contributed by atoms with Gasteiger partial charge < -0.3 is 4.42 Å². The maximum Gasteiger partial charge on any atom is 0.194 e. The van der Waals surface area contributed by atoms with Gasteiger partial charge in [0.2, 0.25) is 0 Å². The normalized spacial score (nSPS) is 10.4. The summed E-state index contributed by atoms with van der Waals surface area (Å²) < 4.78 is 18.5. The molecular formula is C11H10FNO. The van der Waals surface area contributed by atoms with Gasteiger partial charge in [0.1, 0.15) is 17.8 Å². The Hall–Kier alpha value is -1.64. The molecule has 0 spiro atoms. The van der Waals surface area contributed by atoms with Crippen molar-refractivity contribution in [3.63, 3.8) is 0 Å². The monoisotopic (exact) mass is 191 g/mol. The molecule has 0 atom stereocenters. The second-order valence-electron chi connectivity index (χ2n) is 2.96. The van der Waals surface area contributed by atoms with Gasteiger partial charge >= 0.3 is 0 Å². The Morgan fingerprint density at radius 2 is 2.14 bits per heavy atom. The van der Waals surface area contributed by atoms with E-state index < -0.39 is 0 Å². The first-order chi connectivity index (χ1) is 6.81. The average molecular weight is 191 g/mol. The van der Waals surface area contributed by atoms with Crippen molar-refractivity contribution in [3.8, 4) is 11.3 Å². The molecule has 1 aromatic heterocycles. The second-order valence-corrected chi connectivity index (χ2v) is 2.96. The Labute approximate surface area is 81.4 Å². The van der Waals surface area contributed by atoms with Crippen molar-refractivity contribution in [2.75, 3.05) is 0 Å². The molecule has 0 amide bonds. The summed E-state index contributed by atoms with van der Waals surface area (Å²) >= 11 is 0. The fourth-order valence-corrected chi connectivity index (χ4v) is 1.27. The summed E-state index contributed by atoms with van der Waals surface area (Å²) in [5.41, 5.74) is 1.04. The third-order valence-corrected chi connectivity index (χ3v) is 2.00. The molecule has 0 N–H and O–H groups in total. The molecule has 0 fully saturated rings. The van der Waals surface area contributed by atoms with Crippen molar-refractivity contribution >= 4 is 0 Å². The molecule has 1 aromatic carbocycles. The van der Waals surface area contributed by atoms with E-state index in [1.54, 1.807) is 18.2 Å². The second kappa shape index (κ2) is 3.62. The first-order valence-electron chi connectivity index (χ1n) is 4.50. The van der Waals surface area contributed by atoms with Crippen LogP contribution in [0.1, 0.15) is 12.8 Å². The predicted molar refractivity (Wildman–Crippen MR) is 51.3 cm³/mol. The van der Waals surface area contributed by atoms with Gasteiger partial charge in [-0.2, -0.15) is 0 Å². The minimum absolute atomic E-state index is 0.275. The molecule has 0 aliphatic rings. The molecule has 3 heteroatoms. The largest absolute Gasteiger partial charge is 0.448 e. The third-order valence-electron chi connectivity index (χ3n) is 2.00. The maximum absolute atomic E-state index is 13.3. The highest BCUT2D eigenvalue weighted by molar-refractivity contribution is 5.58. The quantitative estimate of drug-likeness (QED) is 0.729. The summed E-state index contributed by atoms with van der Waals surface area (Å²) in [5.74, 6) is 0.353. The topological polar surface area (TPSA) is 26.0 Å². The Kier molecular flexibility index (Phi) is 2.31. The van der Waals surface area contributed by atoms with E-state index in [1.165, 1.54) is 12.3 Å². The zero-order valence-corrected chi connectivity index (χ0v) is 7.83. The lowest BCUT2D eigenvalue weighted by Crippen LogP contribution is -1.84. The fourth-order valence-electron chi connectivity index (χ4n) is 1.27. The van der Waals surface area contributed by atoms with Gasteiger partial charge in [-0.15, -0.1) is 0 Å². The van der Waals surface area contributed by atoms with E-state index in [0.29, 0.717) is 23.6 Å². The Morgan fingerprint density at radius 1 is 1.36 bits per heavy atom. The van der Waals surface area contributed by atoms with Crippen LogP contribution in [-0.4, -0.2) is 4.98 Å². The first-order valence-corrected chi connectivity index (χ1v) is 4.50. The Morgan fingerprint density at radius 3 is 2.79 bits per heavy atom. The number of rotatable bonds is 2. The molecular weight excluding hydrogens is 181 g/mol. The highest BCUT2D eigenvalue weighted by Crippen LogP contribution is 2.21. The lowest BCUT2D eigenvalue weighted by molar-refractivity contribution is 0.502. The van der Waals surface area contributed by atoms with Crippen molar-refractivity contribution in [2.45, 2.75) is 13.3 Å². The molecule has 0 aliphatic carbocycles. The molecule has 2 rings (SSSR count). The first kappa shape index (κ1) is 8.94. The van der Waals surface area contributed by atoms with Crippen LogP contribution in [0, 0.1) is 5.82 Å². The molecule has 2 aromatic rings. The number of hydrogen-bond acceptors (Lipinski definition) is 2. The Balaban J connectivity index is 2.44. The van der Waals surface area contributed by atoms with E-state index in [9.17, 15) is 4.39 Å². The van der Waals surface area contributed by atoms with Crippen molar-refractivity contribution in [1.29, 1.82) is 0 Å². The summed E-state index contributed by atoms with van der Waals surface area (Å²) in [6.07, 6.45) is 2.20. The van der Waals surface area contributed by atoms with Gasteiger partial charge in [-0.1, -0.05) is 19.1 Å². The summed E-state index contributed by atoms with van der Waals surface area (Å²) in [4.78, 5) is 4.15. The number of oxazole rings is 1. The molecule has 0 bridgehead atoms.